The number of amides is 2. The van der Waals surface area contributed by atoms with E-state index in [9.17, 15) is 32.8 Å². The van der Waals surface area contributed by atoms with Crippen molar-refractivity contribution < 1.29 is 37.4 Å². The van der Waals surface area contributed by atoms with Gasteiger partial charge in [0.1, 0.15) is 11.8 Å². The number of ether oxygens (including phenoxy) is 1. The number of nitriles is 1. The second-order valence-electron chi connectivity index (χ2n) is 10.1. The number of methoxy groups -OCH3 is 1. The number of hydrogen-bond acceptors (Lipinski definition) is 8. The zero-order chi connectivity index (χ0) is 35.1. The van der Waals surface area contributed by atoms with Crippen molar-refractivity contribution >= 4 is 40.6 Å². The van der Waals surface area contributed by atoms with Crippen LogP contribution in [0.2, 0.25) is 5.02 Å². The molecule has 4 rings (SSSR count). The highest BCUT2D eigenvalue weighted by Gasteiger charge is 2.38. The maximum absolute atomic E-state index is 13.7. The summed E-state index contributed by atoms with van der Waals surface area (Å²) in [5, 5.41) is 24.1. The Hall–Kier alpha value is -5.40. The molecule has 3 heterocycles. The average molecular weight is 676 g/mol. The zero-order valence-corrected chi connectivity index (χ0v) is 25.7. The molecule has 0 aliphatic rings. The van der Waals surface area contributed by atoms with Gasteiger partial charge in [0.05, 0.1) is 42.2 Å². The van der Waals surface area contributed by atoms with E-state index in [0.717, 1.165) is 0 Å². The first-order chi connectivity index (χ1) is 22.1. The Morgan fingerprint density at radius 2 is 1.87 bits per heavy atom. The Kier molecular flexibility index (Phi) is 11.7. The van der Waals surface area contributed by atoms with E-state index < -0.39 is 35.6 Å². The number of carboxylic acids is 1. The van der Waals surface area contributed by atoms with Crippen LogP contribution in [0.1, 0.15) is 41.7 Å². The third-order valence-corrected chi connectivity index (χ3v) is 7.16. The molecule has 13 nitrogen and oxygen atoms in total. The predicted molar refractivity (Wildman–Crippen MR) is 165 cm³/mol. The van der Waals surface area contributed by atoms with E-state index in [1.54, 1.807) is 36.5 Å². The van der Waals surface area contributed by atoms with Gasteiger partial charge >= 0.3 is 12.1 Å². The van der Waals surface area contributed by atoms with Crippen LogP contribution in [0.25, 0.3) is 16.6 Å². The molecule has 47 heavy (non-hydrogen) atoms. The first-order valence-electron chi connectivity index (χ1n) is 13.7. The first kappa shape index (κ1) is 36.1. The number of hydrogen-bond donors (Lipinski definition) is 4. The Morgan fingerprint density at radius 1 is 1.19 bits per heavy atom. The van der Waals surface area contributed by atoms with Gasteiger partial charge in [-0.05, 0) is 55.6 Å². The monoisotopic (exact) mass is 675 g/mol. The lowest BCUT2D eigenvalue weighted by molar-refractivity contribution is -0.192. The van der Waals surface area contributed by atoms with Crippen molar-refractivity contribution in [1.29, 1.82) is 5.26 Å². The maximum atomic E-state index is 13.7. The minimum Gasteiger partial charge on any atom is -0.495 e. The molecule has 0 unspecified atom stereocenters. The summed E-state index contributed by atoms with van der Waals surface area (Å²) in [5.74, 6) is -3.87. The molecule has 0 saturated heterocycles. The number of pyridine rings is 2. The molecule has 0 aliphatic heterocycles. The number of fused-ring (bicyclic) bond motifs is 1. The van der Waals surface area contributed by atoms with Crippen LogP contribution in [0, 0.1) is 17.2 Å². The van der Waals surface area contributed by atoms with Crippen molar-refractivity contribution in [2.75, 3.05) is 19.0 Å². The van der Waals surface area contributed by atoms with Gasteiger partial charge in [-0.1, -0.05) is 18.5 Å². The van der Waals surface area contributed by atoms with Gasteiger partial charge in [-0.2, -0.15) is 23.5 Å². The van der Waals surface area contributed by atoms with Gasteiger partial charge < -0.3 is 26.6 Å². The molecule has 6 N–H and O–H groups in total. The van der Waals surface area contributed by atoms with Crippen LogP contribution in [0.3, 0.4) is 0 Å². The smallest absolute Gasteiger partial charge is 0.490 e. The van der Waals surface area contributed by atoms with E-state index in [-0.39, 0.29) is 17.2 Å². The number of halogens is 4. The van der Waals surface area contributed by atoms with Crippen molar-refractivity contribution in [3.8, 4) is 22.9 Å². The Balaban J connectivity index is 0.000000771. The highest BCUT2D eigenvalue weighted by atomic mass is 35.5. The third kappa shape index (κ3) is 8.66. The van der Waals surface area contributed by atoms with Crippen molar-refractivity contribution in [3.05, 3.63) is 81.5 Å². The van der Waals surface area contributed by atoms with Crippen molar-refractivity contribution in [2.45, 2.75) is 32.0 Å². The molecule has 0 radical (unpaired) electrons. The van der Waals surface area contributed by atoms with Gasteiger partial charge in [0.15, 0.2) is 0 Å². The van der Waals surface area contributed by atoms with Gasteiger partial charge in [-0.3, -0.25) is 19.0 Å². The number of aromatic nitrogens is 3. The van der Waals surface area contributed by atoms with E-state index >= 15 is 0 Å². The summed E-state index contributed by atoms with van der Waals surface area (Å²) in [6.07, 6.45) is 0.546. The van der Waals surface area contributed by atoms with Gasteiger partial charge in [-0.15, -0.1) is 0 Å². The Bertz CT molecular complexity index is 1900. The molecule has 2 atom stereocenters. The summed E-state index contributed by atoms with van der Waals surface area (Å²) in [5.41, 5.74) is 12.9. The summed E-state index contributed by atoms with van der Waals surface area (Å²) in [7, 11) is 1.44. The fourth-order valence-corrected chi connectivity index (χ4v) is 4.85. The number of carboxylic acid groups (broad SMARTS) is 1. The number of primary amides is 1. The molecule has 0 aliphatic carbocycles. The number of carbonyl (C=O) groups excluding carboxylic acids is 2. The number of alkyl halides is 3. The third-order valence-electron chi connectivity index (χ3n) is 6.92. The van der Waals surface area contributed by atoms with E-state index in [1.807, 2.05) is 6.92 Å². The number of benzene rings is 1. The fourth-order valence-electron chi connectivity index (χ4n) is 4.68. The number of nitrogens with zero attached hydrogens (tertiary/aromatic N) is 4. The van der Waals surface area contributed by atoms with Crippen LogP contribution in [0.5, 0.6) is 5.75 Å². The number of carbonyl (C=O) groups is 3. The first-order valence-corrected chi connectivity index (χ1v) is 14.1. The standard InChI is InChI=1S/C28H28ClN7O4.C2HF3O2/c1-16(4-3-8-30)26(28(39)34-19-7-9-36-23(11-19)22(14-33-36)27(32)38)35-15-24(40-2)21(12-25(35)37)20-10-18(29)6-5-17(20)13-31;3-2(4,5)1(6)7/h5-7,9-12,14-16,26H,3-4,8,30H2,1-2H3,(H2,32,38)(H,34,39);(H,6,7)/t16-,26-;/m0./s1. The molecule has 0 bridgehead atoms. The molecule has 1 aromatic carbocycles. The molecular weight excluding hydrogens is 647 g/mol. The topological polar surface area (TPSA) is 208 Å². The van der Waals surface area contributed by atoms with Crippen molar-refractivity contribution in [2.24, 2.45) is 17.4 Å². The van der Waals surface area contributed by atoms with Crippen LogP contribution in [-0.2, 0) is 9.59 Å². The minimum absolute atomic E-state index is 0.207. The lowest BCUT2D eigenvalue weighted by Crippen LogP contribution is -2.37. The predicted octanol–water partition coefficient (Wildman–Crippen LogP) is 3.98. The lowest BCUT2D eigenvalue weighted by Gasteiger charge is -2.26. The second-order valence-corrected chi connectivity index (χ2v) is 10.6. The molecule has 4 aromatic rings. The second kappa shape index (κ2) is 15.3. The number of anilines is 1. The van der Waals surface area contributed by atoms with Crippen LogP contribution in [0.15, 0.2) is 59.8 Å². The molecule has 0 spiro atoms. The summed E-state index contributed by atoms with van der Waals surface area (Å²) >= 11 is 6.18. The molecule has 248 valence electrons. The highest BCUT2D eigenvalue weighted by Crippen LogP contribution is 2.34. The summed E-state index contributed by atoms with van der Waals surface area (Å²) < 4.78 is 40.1. The molecule has 0 saturated carbocycles. The van der Waals surface area contributed by atoms with Crippen molar-refractivity contribution in [1.82, 2.24) is 14.2 Å². The Labute approximate surface area is 270 Å². The van der Waals surface area contributed by atoms with E-state index in [2.05, 4.69) is 16.5 Å². The number of rotatable bonds is 10. The van der Waals surface area contributed by atoms with Gasteiger partial charge in [0.25, 0.3) is 11.5 Å². The Morgan fingerprint density at radius 3 is 2.45 bits per heavy atom. The summed E-state index contributed by atoms with van der Waals surface area (Å²) in [6.45, 7) is 2.29. The van der Waals surface area contributed by atoms with E-state index in [0.29, 0.717) is 52.3 Å². The lowest BCUT2D eigenvalue weighted by atomic mass is 9.94. The highest BCUT2D eigenvalue weighted by molar-refractivity contribution is 6.31. The van der Waals surface area contributed by atoms with E-state index in [1.165, 1.54) is 34.7 Å². The largest absolute Gasteiger partial charge is 0.495 e. The van der Waals surface area contributed by atoms with Crippen LogP contribution < -0.4 is 27.1 Å². The summed E-state index contributed by atoms with van der Waals surface area (Å²) in [4.78, 5) is 47.9. The fraction of sp³-hybridized carbons (Fsp3) is 0.267. The number of aliphatic carboxylic acids is 1. The van der Waals surface area contributed by atoms with Crippen LogP contribution in [-0.4, -0.2) is 56.9 Å². The normalized spacial score (nSPS) is 12.3. The van der Waals surface area contributed by atoms with Gasteiger partial charge in [0.2, 0.25) is 5.91 Å². The quantitative estimate of drug-likeness (QED) is 0.191. The number of nitrogens with two attached hydrogens (primary N) is 2. The zero-order valence-electron chi connectivity index (χ0n) is 24.9. The molecular formula is C30H29ClF3N7O6. The maximum Gasteiger partial charge on any atom is 0.490 e. The number of nitrogens with one attached hydrogen (secondary N) is 1. The van der Waals surface area contributed by atoms with Crippen LogP contribution >= 0.6 is 11.6 Å². The average Bonchev–Trinajstić information content (AvgIpc) is 3.44. The van der Waals surface area contributed by atoms with Crippen LogP contribution in [0.4, 0.5) is 18.9 Å². The molecule has 2 amide bonds. The molecule has 0 fully saturated rings. The molecule has 17 heteroatoms. The molecule has 3 aromatic heterocycles. The van der Waals surface area contributed by atoms with Gasteiger partial charge in [-0.25, -0.2) is 9.31 Å². The van der Waals surface area contributed by atoms with Crippen molar-refractivity contribution in [3.63, 3.8) is 0 Å². The summed E-state index contributed by atoms with van der Waals surface area (Å²) in [6, 6.07) is 10.4. The minimum atomic E-state index is -5.08. The van der Waals surface area contributed by atoms with Gasteiger partial charge in [0, 0.05) is 34.1 Å². The SMILES string of the molecule is COc1cn([C@H](C(=O)Nc2ccn3ncc(C(N)=O)c3c2)[C@@H](C)CCCN)c(=O)cc1-c1cc(Cl)ccc1C#N.O=C(O)C(F)(F)F. The van der Waals surface area contributed by atoms with E-state index in [4.69, 9.17) is 37.7 Å².